The summed E-state index contributed by atoms with van der Waals surface area (Å²) in [6.45, 7) is 2.56. The van der Waals surface area contributed by atoms with Crippen LogP contribution in [0.2, 0.25) is 10.0 Å². The Hall–Kier alpha value is -1.32. The molecule has 1 fully saturated rings. The van der Waals surface area contributed by atoms with Crippen LogP contribution < -0.4 is 10.2 Å². The highest BCUT2D eigenvalue weighted by molar-refractivity contribution is 7.16. The Labute approximate surface area is 143 Å². The van der Waals surface area contributed by atoms with Gasteiger partial charge in [0.15, 0.2) is 5.13 Å². The summed E-state index contributed by atoms with van der Waals surface area (Å²) in [7, 11) is 0. The SMILES string of the molecule is N#Cc1cnc(N2CC[C@H](NCc3ccc(Cl)cc3Cl)C2)s1. The molecule has 0 radical (unpaired) electrons. The van der Waals surface area contributed by atoms with Crippen LogP contribution in [-0.4, -0.2) is 24.1 Å². The Balaban J connectivity index is 1.56. The van der Waals surface area contributed by atoms with Crippen LogP contribution in [0.4, 0.5) is 5.13 Å². The molecule has 7 heteroatoms. The average molecular weight is 353 g/mol. The zero-order chi connectivity index (χ0) is 15.5. The van der Waals surface area contributed by atoms with Crippen molar-refractivity contribution in [1.29, 1.82) is 5.26 Å². The van der Waals surface area contributed by atoms with E-state index in [1.807, 2.05) is 12.1 Å². The molecule has 1 aliphatic rings. The van der Waals surface area contributed by atoms with Crippen molar-refractivity contribution in [3.05, 3.63) is 44.9 Å². The van der Waals surface area contributed by atoms with Crippen LogP contribution in [-0.2, 0) is 6.54 Å². The van der Waals surface area contributed by atoms with E-state index in [-0.39, 0.29) is 0 Å². The van der Waals surface area contributed by atoms with E-state index in [1.165, 1.54) is 11.3 Å². The van der Waals surface area contributed by atoms with Crippen molar-refractivity contribution in [3.8, 4) is 6.07 Å². The van der Waals surface area contributed by atoms with Gasteiger partial charge in [-0.2, -0.15) is 5.26 Å². The molecule has 0 unspecified atom stereocenters. The molecule has 0 aliphatic carbocycles. The fraction of sp³-hybridized carbons (Fsp3) is 0.333. The van der Waals surface area contributed by atoms with Crippen LogP contribution in [0.1, 0.15) is 16.9 Å². The third-order valence-electron chi connectivity index (χ3n) is 3.66. The highest BCUT2D eigenvalue weighted by Gasteiger charge is 2.24. The molecular weight excluding hydrogens is 339 g/mol. The molecule has 0 bridgehead atoms. The Morgan fingerprint density at radius 3 is 3.05 bits per heavy atom. The quantitative estimate of drug-likeness (QED) is 0.911. The second-order valence-corrected chi connectivity index (χ2v) is 7.02. The molecule has 1 aromatic heterocycles. The number of hydrogen-bond donors (Lipinski definition) is 1. The smallest absolute Gasteiger partial charge is 0.186 e. The van der Waals surface area contributed by atoms with Gasteiger partial charge in [-0.05, 0) is 24.1 Å². The molecule has 0 saturated carbocycles. The number of rotatable bonds is 4. The lowest BCUT2D eigenvalue weighted by Crippen LogP contribution is -2.32. The van der Waals surface area contributed by atoms with Crippen molar-refractivity contribution in [3.63, 3.8) is 0 Å². The van der Waals surface area contributed by atoms with Crippen molar-refractivity contribution >= 4 is 39.7 Å². The van der Waals surface area contributed by atoms with Gasteiger partial charge in [-0.25, -0.2) is 4.98 Å². The van der Waals surface area contributed by atoms with E-state index in [2.05, 4.69) is 21.3 Å². The first-order valence-electron chi connectivity index (χ1n) is 6.94. The molecule has 3 rings (SSSR count). The van der Waals surface area contributed by atoms with Crippen LogP contribution in [0.25, 0.3) is 0 Å². The molecule has 4 nitrogen and oxygen atoms in total. The lowest BCUT2D eigenvalue weighted by atomic mass is 10.2. The van der Waals surface area contributed by atoms with E-state index in [0.29, 0.717) is 21.0 Å². The van der Waals surface area contributed by atoms with Crippen LogP contribution in [0.5, 0.6) is 0 Å². The molecule has 0 spiro atoms. The molecular formula is C15H14Cl2N4S. The Morgan fingerprint density at radius 2 is 2.32 bits per heavy atom. The number of nitrogens with zero attached hydrogens (tertiary/aromatic N) is 3. The third-order valence-corrected chi connectivity index (χ3v) is 5.21. The van der Waals surface area contributed by atoms with Crippen LogP contribution in [0.3, 0.4) is 0 Å². The second-order valence-electron chi connectivity index (χ2n) is 5.17. The summed E-state index contributed by atoms with van der Waals surface area (Å²) >= 11 is 13.5. The molecule has 1 aliphatic heterocycles. The van der Waals surface area contributed by atoms with Gasteiger partial charge >= 0.3 is 0 Å². The van der Waals surface area contributed by atoms with Crippen molar-refractivity contribution in [2.45, 2.75) is 19.0 Å². The minimum atomic E-state index is 0.390. The predicted molar refractivity (Wildman–Crippen MR) is 90.7 cm³/mol. The van der Waals surface area contributed by atoms with Gasteiger partial charge in [0.2, 0.25) is 0 Å². The van der Waals surface area contributed by atoms with Crippen molar-refractivity contribution in [1.82, 2.24) is 10.3 Å². The maximum absolute atomic E-state index is 8.87. The number of halogens is 2. The topological polar surface area (TPSA) is 52.0 Å². The highest BCUT2D eigenvalue weighted by atomic mass is 35.5. The summed E-state index contributed by atoms with van der Waals surface area (Å²) in [5.41, 5.74) is 1.05. The molecule has 1 aromatic carbocycles. The zero-order valence-corrected chi connectivity index (χ0v) is 14.0. The lowest BCUT2D eigenvalue weighted by molar-refractivity contribution is 0.551. The second kappa shape index (κ2) is 6.84. The minimum absolute atomic E-state index is 0.390. The molecule has 22 heavy (non-hydrogen) atoms. The van der Waals surface area contributed by atoms with E-state index in [9.17, 15) is 0 Å². The molecule has 114 valence electrons. The van der Waals surface area contributed by atoms with Gasteiger partial charge in [0.25, 0.3) is 0 Å². The monoisotopic (exact) mass is 352 g/mol. The average Bonchev–Trinajstić information content (AvgIpc) is 3.15. The first-order valence-corrected chi connectivity index (χ1v) is 8.51. The predicted octanol–water partition coefficient (Wildman–Crippen LogP) is 3.69. The summed E-state index contributed by atoms with van der Waals surface area (Å²) in [5.74, 6) is 0. The van der Waals surface area contributed by atoms with Crippen LogP contribution >= 0.6 is 34.5 Å². The Kier molecular flexibility index (Phi) is 4.84. The van der Waals surface area contributed by atoms with Crippen molar-refractivity contribution in [2.24, 2.45) is 0 Å². The largest absolute Gasteiger partial charge is 0.346 e. The summed E-state index contributed by atoms with van der Waals surface area (Å²) < 4.78 is 0. The summed E-state index contributed by atoms with van der Waals surface area (Å²) in [6, 6.07) is 8.08. The van der Waals surface area contributed by atoms with Gasteiger partial charge in [0, 0.05) is 35.7 Å². The number of nitriles is 1. The van der Waals surface area contributed by atoms with Gasteiger partial charge in [0.05, 0.1) is 6.20 Å². The van der Waals surface area contributed by atoms with E-state index in [0.717, 1.165) is 36.8 Å². The van der Waals surface area contributed by atoms with Gasteiger partial charge in [-0.15, -0.1) is 0 Å². The van der Waals surface area contributed by atoms with E-state index in [4.69, 9.17) is 28.5 Å². The molecule has 2 aromatic rings. The molecule has 1 saturated heterocycles. The lowest BCUT2D eigenvalue weighted by Gasteiger charge is -2.16. The highest BCUT2D eigenvalue weighted by Crippen LogP contribution is 2.26. The number of hydrogen-bond acceptors (Lipinski definition) is 5. The maximum Gasteiger partial charge on any atom is 0.186 e. The van der Waals surface area contributed by atoms with Crippen LogP contribution in [0, 0.1) is 11.3 Å². The summed E-state index contributed by atoms with van der Waals surface area (Å²) in [6.07, 6.45) is 2.68. The van der Waals surface area contributed by atoms with Gasteiger partial charge < -0.3 is 10.2 Å². The molecule has 1 N–H and O–H groups in total. The van der Waals surface area contributed by atoms with Crippen molar-refractivity contribution < 1.29 is 0 Å². The first-order chi connectivity index (χ1) is 10.7. The minimum Gasteiger partial charge on any atom is -0.346 e. The van der Waals surface area contributed by atoms with Gasteiger partial charge in [0.1, 0.15) is 10.9 Å². The molecule has 1 atom stereocenters. The van der Waals surface area contributed by atoms with Gasteiger partial charge in [-0.1, -0.05) is 40.6 Å². The number of thiazole rings is 1. The summed E-state index contributed by atoms with van der Waals surface area (Å²) in [4.78, 5) is 7.17. The third kappa shape index (κ3) is 3.53. The first kappa shape index (κ1) is 15.6. The number of aromatic nitrogens is 1. The Morgan fingerprint density at radius 1 is 1.45 bits per heavy atom. The van der Waals surface area contributed by atoms with Gasteiger partial charge in [-0.3, -0.25) is 0 Å². The van der Waals surface area contributed by atoms with Crippen LogP contribution in [0.15, 0.2) is 24.4 Å². The van der Waals surface area contributed by atoms with E-state index < -0.39 is 0 Å². The number of benzene rings is 1. The normalized spacial score (nSPS) is 17.7. The summed E-state index contributed by atoms with van der Waals surface area (Å²) in [5, 5.41) is 14.7. The maximum atomic E-state index is 8.87. The van der Waals surface area contributed by atoms with E-state index in [1.54, 1.807) is 12.3 Å². The standard InChI is InChI=1S/C15H14Cl2N4S/c16-11-2-1-10(14(17)5-11)7-19-12-3-4-21(9-12)15-20-8-13(6-18)22-15/h1-2,5,8,12,19H,3-4,7,9H2/t12-/m0/s1. The zero-order valence-electron chi connectivity index (χ0n) is 11.7. The number of nitrogens with one attached hydrogen (secondary N) is 1. The molecule has 2 heterocycles. The molecule has 0 amide bonds. The van der Waals surface area contributed by atoms with E-state index >= 15 is 0 Å². The fourth-order valence-corrected chi connectivity index (χ4v) is 3.71. The number of anilines is 1. The Bertz CT molecular complexity index is 710. The fourth-order valence-electron chi connectivity index (χ4n) is 2.48. The van der Waals surface area contributed by atoms with Crippen molar-refractivity contribution in [2.75, 3.05) is 18.0 Å².